The van der Waals surface area contributed by atoms with Crippen LogP contribution in [-0.2, 0) is 11.2 Å². The van der Waals surface area contributed by atoms with Crippen LogP contribution in [0.5, 0.6) is 5.75 Å². The van der Waals surface area contributed by atoms with Crippen LogP contribution < -0.4 is 4.74 Å². The number of benzene rings is 2. The average molecular weight is 404 g/mol. The van der Waals surface area contributed by atoms with Crippen LogP contribution in [0.3, 0.4) is 0 Å². The van der Waals surface area contributed by atoms with Gasteiger partial charge in [-0.3, -0.25) is 9.78 Å². The molecule has 0 spiro atoms. The number of likely N-dealkylation sites (tertiary alicyclic amines) is 1. The lowest BCUT2D eigenvalue weighted by Crippen LogP contribution is -2.40. The molecule has 1 aromatic heterocycles. The zero-order valence-corrected chi connectivity index (χ0v) is 17.1. The minimum Gasteiger partial charge on any atom is -0.497 e. The highest BCUT2D eigenvalue weighted by molar-refractivity contribution is 5.79. The molecule has 4 nitrogen and oxygen atoms in total. The van der Waals surface area contributed by atoms with Crippen LogP contribution in [0, 0.1) is 5.82 Å². The summed E-state index contributed by atoms with van der Waals surface area (Å²) in [6, 6.07) is 20.0. The minimum atomic E-state index is -0.256. The molecule has 0 unspecified atom stereocenters. The van der Waals surface area contributed by atoms with E-state index in [1.165, 1.54) is 12.1 Å². The first-order valence-electron chi connectivity index (χ1n) is 10.3. The van der Waals surface area contributed by atoms with Crippen LogP contribution >= 0.6 is 0 Å². The normalized spacial score (nSPS) is 16.3. The summed E-state index contributed by atoms with van der Waals surface area (Å²) in [4.78, 5) is 19.6. The number of hydrogen-bond donors (Lipinski definition) is 0. The highest BCUT2D eigenvalue weighted by atomic mass is 19.1. The summed E-state index contributed by atoms with van der Waals surface area (Å²) in [5, 5.41) is 0. The number of carbonyl (C=O) groups is 1. The van der Waals surface area contributed by atoms with Crippen molar-refractivity contribution < 1.29 is 13.9 Å². The van der Waals surface area contributed by atoms with E-state index in [0.29, 0.717) is 13.0 Å². The molecule has 1 aliphatic heterocycles. The van der Waals surface area contributed by atoms with Gasteiger partial charge in [0.15, 0.2) is 0 Å². The van der Waals surface area contributed by atoms with Gasteiger partial charge in [0.05, 0.1) is 19.2 Å². The van der Waals surface area contributed by atoms with Gasteiger partial charge in [0.25, 0.3) is 0 Å². The highest BCUT2D eigenvalue weighted by Gasteiger charge is 2.25. The van der Waals surface area contributed by atoms with E-state index >= 15 is 0 Å². The van der Waals surface area contributed by atoms with Crippen LogP contribution in [0.2, 0.25) is 0 Å². The van der Waals surface area contributed by atoms with Crippen molar-refractivity contribution in [2.45, 2.75) is 25.2 Å². The Hall–Kier alpha value is -3.21. The van der Waals surface area contributed by atoms with Gasteiger partial charge in [0, 0.05) is 30.3 Å². The second-order valence-corrected chi connectivity index (χ2v) is 7.66. The largest absolute Gasteiger partial charge is 0.497 e. The fraction of sp³-hybridized carbons (Fsp3) is 0.280. The average Bonchev–Trinajstić information content (AvgIpc) is 2.80. The van der Waals surface area contributed by atoms with Crippen molar-refractivity contribution in [2.24, 2.45) is 0 Å². The van der Waals surface area contributed by atoms with Crippen molar-refractivity contribution in [3.63, 3.8) is 0 Å². The number of methoxy groups -OCH3 is 1. The third-order valence-electron chi connectivity index (χ3n) is 5.62. The molecule has 1 amide bonds. The second kappa shape index (κ2) is 9.08. The third kappa shape index (κ3) is 4.67. The summed E-state index contributed by atoms with van der Waals surface area (Å²) in [5.41, 5.74) is 3.69. The Morgan fingerprint density at radius 1 is 1.10 bits per heavy atom. The predicted octanol–water partition coefficient (Wildman–Crippen LogP) is 4.85. The number of ether oxygens (including phenoxy) is 1. The maximum atomic E-state index is 13.2. The molecule has 1 saturated heterocycles. The molecule has 30 heavy (non-hydrogen) atoms. The molecule has 0 bridgehead atoms. The van der Waals surface area contributed by atoms with Crippen molar-refractivity contribution in [3.05, 3.63) is 83.8 Å². The van der Waals surface area contributed by atoms with E-state index in [1.807, 2.05) is 47.4 Å². The van der Waals surface area contributed by atoms with E-state index in [0.717, 1.165) is 47.7 Å². The Morgan fingerprint density at radius 3 is 2.60 bits per heavy atom. The smallest absolute Gasteiger partial charge is 0.227 e. The standard InChI is InChI=1S/C25H25FN2O2/c1-30-22-13-7-18(8-14-22)16-25(29)28-15-3-4-20(17-28)24-6-2-5-23(27-24)19-9-11-21(26)12-10-19/h2,5-14,20H,3-4,15-17H2,1H3/t20-/m0/s1. The molecule has 0 radical (unpaired) electrons. The summed E-state index contributed by atoms with van der Waals surface area (Å²) in [6.45, 7) is 1.46. The topological polar surface area (TPSA) is 42.4 Å². The van der Waals surface area contributed by atoms with Crippen LogP contribution in [0.15, 0.2) is 66.7 Å². The zero-order chi connectivity index (χ0) is 20.9. The van der Waals surface area contributed by atoms with Gasteiger partial charge < -0.3 is 9.64 Å². The van der Waals surface area contributed by atoms with Gasteiger partial charge in [0.1, 0.15) is 11.6 Å². The summed E-state index contributed by atoms with van der Waals surface area (Å²) in [6.07, 6.45) is 2.35. The molecular weight excluding hydrogens is 379 g/mol. The first-order chi connectivity index (χ1) is 14.6. The summed E-state index contributed by atoms with van der Waals surface area (Å²) >= 11 is 0. The van der Waals surface area contributed by atoms with Crippen LogP contribution in [0.25, 0.3) is 11.3 Å². The first kappa shape index (κ1) is 20.1. The number of rotatable bonds is 5. The number of pyridine rings is 1. The van der Waals surface area contributed by atoms with Gasteiger partial charge >= 0.3 is 0 Å². The maximum absolute atomic E-state index is 13.2. The molecule has 0 N–H and O–H groups in total. The molecule has 154 valence electrons. The van der Waals surface area contributed by atoms with Gasteiger partial charge in [-0.2, -0.15) is 0 Å². The Labute approximate surface area is 176 Å². The lowest BCUT2D eigenvalue weighted by atomic mass is 9.93. The highest BCUT2D eigenvalue weighted by Crippen LogP contribution is 2.28. The fourth-order valence-corrected chi connectivity index (χ4v) is 3.94. The summed E-state index contributed by atoms with van der Waals surface area (Å²) in [5.74, 6) is 0.878. The van der Waals surface area contributed by atoms with E-state index in [9.17, 15) is 9.18 Å². The number of piperidine rings is 1. The summed E-state index contributed by atoms with van der Waals surface area (Å²) in [7, 11) is 1.63. The van der Waals surface area contributed by atoms with E-state index in [1.54, 1.807) is 19.2 Å². The van der Waals surface area contributed by atoms with Gasteiger partial charge in [-0.25, -0.2) is 4.39 Å². The Bertz CT molecular complexity index is 1000. The molecular formula is C25H25FN2O2. The number of hydrogen-bond acceptors (Lipinski definition) is 3. The van der Waals surface area contributed by atoms with Crippen LogP contribution in [0.1, 0.15) is 30.0 Å². The molecule has 1 aliphatic rings. The molecule has 0 aliphatic carbocycles. The van der Waals surface area contributed by atoms with Crippen molar-refractivity contribution >= 4 is 5.91 Å². The molecule has 5 heteroatoms. The van der Waals surface area contributed by atoms with Gasteiger partial charge in [-0.05, 0) is 66.9 Å². The fourth-order valence-electron chi connectivity index (χ4n) is 3.94. The van der Waals surface area contributed by atoms with Gasteiger partial charge in [-0.15, -0.1) is 0 Å². The molecule has 2 aromatic carbocycles. The molecule has 1 atom stereocenters. The van der Waals surface area contributed by atoms with Crippen molar-refractivity contribution in [1.82, 2.24) is 9.88 Å². The maximum Gasteiger partial charge on any atom is 0.227 e. The molecule has 2 heterocycles. The Morgan fingerprint density at radius 2 is 1.87 bits per heavy atom. The van der Waals surface area contributed by atoms with Crippen molar-refractivity contribution in [3.8, 4) is 17.0 Å². The molecule has 4 rings (SSSR count). The van der Waals surface area contributed by atoms with Gasteiger partial charge in [-0.1, -0.05) is 18.2 Å². The van der Waals surface area contributed by atoms with Crippen LogP contribution in [0.4, 0.5) is 4.39 Å². The number of amides is 1. The van der Waals surface area contributed by atoms with Crippen molar-refractivity contribution in [2.75, 3.05) is 20.2 Å². The monoisotopic (exact) mass is 404 g/mol. The number of carbonyl (C=O) groups excluding carboxylic acids is 1. The predicted molar refractivity (Wildman–Crippen MR) is 115 cm³/mol. The van der Waals surface area contributed by atoms with E-state index in [-0.39, 0.29) is 17.6 Å². The van der Waals surface area contributed by atoms with E-state index in [2.05, 4.69) is 0 Å². The van der Waals surface area contributed by atoms with Gasteiger partial charge in [0.2, 0.25) is 5.91 Å². The zero-order valence-electron chi connectivity index (χ0n) is 17.1. The van der Waals surface area contributed by atoms with Crippen LogP contribution in [-0.4, -0.2) is 36.0 Å². The van der Waals surface area contributed by atoms with Crippen molar-refractivity contribution in [1.29, 1.82) is 0 Å². The van der Waals surface area contributed by atoms with E-state index < -0.39 is 0 Å². The summed E-state index contributed by atoms with van der Waals surface area (Å²) < 4.78 is 18.4. The first-order valence-corrected chi connectivity index (χ1v) is 10.3. The number of nitrogens with zero attached hydrogens (tertiary/aromatic N) is 2. The number of aromatic nitrogens is 1. The third-order valence-corrected chi connectivity index (χ3v) is 5.62. The molecule has 3 aromatic rings. The lowest BCUT2D eigenvalue weighted by molar-refractivity contribution is -0.131. The number of halogens is 1. The SMILES string of the molecule is COc1ccc(CC(=O)N2CCC[C@H](c3cccc(-c4ccc(F)cc4)n3)C2)cc1. The lowest BCUT2D eigenvalue weighted by Gasteiger charge is -2.32. The molecule has 1 fully saturated rings. The Kier molecular flexibility index (Phi) is 6.07. The minimum absolute atomic E-state index is 0.138. The second-order valence-electron chi connectivity index (χ2n) is 7.66. The van der Waals surface area contributed by atoms with E-state index in [4.69, 9.17) is 9.72 Å². The molecule has 0 saturated carbocycles. The quantitative estimate of drug-likeness (QED) is 0.611. The Balaban J connectivity index is 1.45.